The van der Waals surface area contributed by atoms with Gasteiger partial charge in [0.05, 0.1) is 11.6 Å². The molecule has 0 spiro atoms. The monoisotopic (exact) mass is 504 g/mol. The van der Waals surface area contributed by atoms with Gasteiger partial charge in [0.2, 0.25) is 0 Å². The van der Waals surface area contributed by atoms with Gasteiger partial charge >= 0.3 is 0 Å². The molecule has 0 aromatic heterocycles. The van der Waals surface area contributed by atoms with Crippen LogP contribution in [0.4, 0.5) is 0 Å². The molecule has 3 rings (SSSR count). The third kappa shape index (κ3) is 5.66. The van der Waals surface area contributed by atoms with Crippen LogP contribution in [0, 0.1) is 6.92 Å². The van der Waals surface area contributed by atoms with Crippen molar-refractivity contribution in [3.63, 3.8) is 0 Å². The summed E-state index contributed by atoms with van der Waals surface area (Å²) in [6, 6.07) is 16.4. The van der Waals surface area contributed by atoms with Crippen LogP contribution in [0.1, 0.15) is 27.0 Å². The predicted molar refractivity (Wildman–Crippen MR) is 126 cm³/mol. The minimum Gasteiger partial charge on any atom is -0.493 e. The first kappa shape index (κ1) is 22.4. The summed E-state index contributed by atoms with van der Waals surface area (Å²) in [5, 5.41) is 1.10. The fourth-order valence-electron chi connectivity index (χ4n) is 2.75. The lowest BCUT2D eigenvalue weighted by Gasteiger charge is -2.14. The number of aryl methyl sites for hydroxylation is 1. The van der Waals surface area contributed by atoms with Gasteiger partial charge in [-0.1, -0.05) is 65.2 Å². The molecule has 0 saturated carbocycles. The van der Waals surface area contributed by atoms with Gasteiger partial charge in [-0.15, -0.1) is 0 Å². The van der Waals surface area contributed by atoms with E-state index in [0.29, 0.717) is 31.6 Å². The van der Waals surface area contributed by atoms with Gasteiger partial charge in [0.1, 0.15) is 6.61 Å². The molecule has 6 heteroatoms. The molecule has 0 radical (unpaired) electrons. The van der Waals surface area contributed by atoms with Gasteiger partial charge in [0.15, 0.2) is 17.3 Å². The van der Waals surface area contributed by atoms with E-state index >= 15 is 0 Å². The van der Waals surface area contributed by atoms with E-state index in [-0.39, 0.29) is 12.4 Å². The maximum atomic E-state index is 12.4. The molecule has 3 aromatic carbocycles. The lowest BCUT2D eigenvalue weighted by atomic mass is 10.1. The second-order valence-corrected chi connectivity index (χ2v) is 8.32. The van der Waals surface area contributed by atoms with Crippen molar-refractivity contribution in [3.05, 3.63) is 97.4 Å². The van der Waals surface area contributed by atoms with Gasteiger partial charge in [-0.2, -0.15) is 0 Å². The molecule has 0 aliphatic heterocycles. The number of halogens is 3. The molecule has 30 heavy (non-hydrogen) atoms. The van der Waals surface area contributed by atoms with E-state index in [1.807, 2.05) is 49.4 Å². The van der Waals surface area contributed by atoms with E-state index in [2.05, 4.69) is 15.9 Å². The smallest absolute Gasteiger partial charge is 0.185 e. The number of rotatable bonds is 7. The van der Waals surface area contributed by atoms with Crippen molar-refractivity contribution >= 4 is 51.0 Å². The van der Waals surface area contributed by atoms with Gasteiger partial charge in [0.25, 0.3) is 0 Å². The number of hydrogen-bond acceptors (Lipinski definition) is 3. The van der Waals surface area contributed by atoms with Gasteiger partial charge in [-0.3, -0.25) is 4.79 Å². The van der Waals surface area contributed by atoms with Crippen LogP contribution in [0.3, 0.4) is 0 Å². The number of ether oxygens (including phenoxy) is 2. The molecule has 0 aliphatic rings. The second-order valence-electron chi connectivity index (χ2n) is 6.62. The number of hydrogen-bond donors (Lipinski definition) is 0. The topological polar surface area (TPSA) is 35.5 Å². The van der Waals surface area contributed by atoms with Crippen LogP contribution >= 0.6 is 39.1 Å². The Hall–Kier alpha value is -2.27. The summed E-state index contributed by atoms with van der Waals surface area (Å²) in [6.45, 7) is 2.24. The SMILES string of the molecule is COc1cc(/C=C/C(=O)c2ccc(C)cc2)cc(Br)c1OCc1ccc(Cl)cc1Cl. The zero-order chi connectivity index (χ0) is 21.7. The molecule has 0 amide bonds. The fraction of sp³-hybridized carbons (Fsp3) is 0.125. The molecular weight excluding hydrogens is 487 g/mol. The van der Waals surface area contributed by atoms with E-state index in [4.69, 9.17) is 32.7 Å². The van der Waals surface area contributed by atoms with Crippen molar-refractivity contribution in [1.82, 2.24) is 0 Å². The quantitative estimate of drug-likeness (QED) is 0.245. The number of carbonyl (C=O) groups excluding carboxylic acids is 1. The van der Waals surface area contributed by atoms with Crippen LogP contribution in [0.5, 0.6) is 11.5 Å². The fourth-order valence-corrected chi connectivity index (χ4v) is 3.79. The highest BCUT2D eigenvalue weighted by Crippen LogP contribution is 2.38. The van der Waals surface area contributed by atoms with Crippen molar-refractivity contribution in [2.75, 3.05) is 7.11 Å². The van der Waals surface area contributed by atoms with E-state index in [9.17, 15) is 4.79 Å². The zero-order valence-corrected chi connectivity index (χ0v) is 19.5. The minimum atomic E-state index is -0.0669. The number of allylic oxidation sites excluding steroid dienone is 1. The number of methoxy groups -OCH3 is 1. The lowest BCUT2D eigenvalue weighted by Crippen LogP contribution is -2.00. The van der Waals surface area contributed by atoms with Gasteiger partial charge in [-0.25, -0.2) is 0 Å². The predicted octanol–water partition coefficient (Wildman–Crippen LogP) is 7.55. The van der Waals surface area contributed by atoms with Crippen molar-refractivity contribution < 1.29 is 14.3 Å². The van der Waals surface area contributed by atoms with Crippen molar-refractivity contribution in [2.24, 2.45) is 0 Å². The lowest BCUT2D eigenvalue weighted by molar-refractivity contribution is 0.104. The Morgan fingerprint density at radius 1 is 1.07 bits per heavy atom. The maximum absolute atomic E-state index is 12.4. The van der Waals surface area contributed by atoms with Gasteiger partial charge in [-0.05, 0) is 58.8 Å². The Morgan fingerprint density at radius 2 is 1.80 bits per heavy atom. The molecule has 0 N–H and O–H groups in total. The summed E-state index contributed by atoms with van der Waals surface area (Å²) in [5.41, 5.74) is 3.36. The third-order valence-electron chi connectivity index (χ3n) is 4.40. The second kappa shape index (κ2) is 10.2. The molecule has 0 aliphatic carbocycles. The Balaban J connectivity index is 1.77. The molecule has 0 unspecified atom stereocenters. The van der Waals surface area contributed by atoms with E-state index in [0.717, 1.165) is 16.7 Å². The normalized spacial score (nSPS) is 11.0. The van der Waals surface area contributed by atoms with Crippen LogP contribution in [-0.2, 0) is 6.61 Å². The Morgan fingerprint density at radius 3 is 2.47 bits per heavy atom. The van der Waals surface area contributed by atoms with E-state index < -0.39 is 0 Å². The average molecular weight is 506 g/mol. The summed E-state index contributed by atoms with van der Waals surface area (Å²) in [7, 11) is 1.56. The third-order valence-corrected chi connectivity index (χ3v) is 5.58. The number of ketones is 1. The molecule has 0 bridgehead atoms. The molecule has 3 aromatic rings. The van der Waals surface area contributed by atoms with Gasteiger partial charge in [0, 0.05) is 21.2 Å². The van der Waals surface area contributed by atoms with E-state index in [1.165, 1.54) is 0 Å². The van der Waals surface area contributed by atoms with Crippen LogP contribution in [0.2, 0.25) is 10.0 Å². The summed E-state index contributed by atoms with van der Waals surface area (Å²) >= 11 is 15.7. The van der Waals surface area contributed by atoms with E-state index in [1.54, 1.807) is 31.4 Å². The first-order chi connectivity index (χ1) is 14.4. The average Bonchev–Trinajstić information content (AvgIpc) is 2.72. The molecule has 0 heterocycles. The molecule has 0 atom stereocenters. The van der Waals surface area contributed by atoms with Crippen LogP contribution in [0.25, 0.3) is 6.08 Å². The first-order valence-electron chi connectivity index (χ1n) is 9.10. The standard InChI is InChI=1S/C24H19BrCl2O3/c1-15-3-6-17(7-4-15)22(28)10-5-16-11-20(25)24(23(12-16)29-2)30-14-18-8-9-19(26)13-21(18)27/h3-13H,14H2,1-2H3/b10-5+. The molecular formula is C24H19BrCl2O3. The Bertz CT molecular complexity index is 1090. The van der Waals surface area contributed by atoms with Crippen LogP contribution in [-0.4, -0.2) is 12.9 Å². The van der Waals surface area contributed by atoms with Crippen LogP contribution in [0.15, 0.2) is 65.1 Å². The highest BCUT2D eigenvalue weighted by atomic mass is 79.9. The Labute approximate surface area is 194 Å². The molecule has 3 nitrogen and oxygen atoms in total. The highest BCUT2D eigenvalue weighted by Gasteiger charge is 2.13. The number of benzene rings is 3. The summed E-state index contributed by atoms with van der Waals surface area (Å²) in [6.07, 6.45) is 3.29. The number of carbonyl (C=O) groups is 1. The molecule has 154 valence electrons. The summed E-state index contributed by atoms with van der Waals surface area (Å²) < 4.78 is 12.1. The largest absolute Gasteiger partial charge is 0.493 e. The molecule has 0 fully saturated rings. The van der Waals surface area contributed by atoms with Crippen molar-refractivity contribution in [1.29, 1.82) is 0 Å². The Kier molecular flexibility index (Phi) is 7.59. The highest BCUT2D eigenvalue weighted by molar-refractivity contribution is 9.10. The van der Waals surface area contributed by atoms with Crippen molar-refractivity contribution in [3.8, 4) is 11.5 Å². The van der Waals surface area contributed by atoms with Crippen LogP contribution < -0.4 is 9.47 Å². The molecule has 0 saturated heterocycles. The minimum absolute atomic E-state index is 0.0669. The van der Waals surface area contributed by atoms with Gasteiger partial charge < -0.3 is 9.47 Å². The zero-order valence-electron chi connectivity index (χ0n) is 16.4. The summed E-state index contributed by atoms with van der Waals surface area (Å²) in [4.78, 5) is 12.4. The van der Waals surface area contributed by atoms with Crippen molar-refractivity contribution in [2.45, 2.75) is 13.5 Å². The maximum Gasteiger partial charge on any atom is 0.185 e. The first-order valence-corrected chi connectivity index (χ1v) is 10.7. The summed E-state index contributed by atoms with van der Waals surface area (Å²) in [5.74, 6) is 1.02.